The van der Waals surface area contributed by atoms with Crippen molar-refractivity contribution in [1.29, 1.82) is 0 Å². The number of ether oxygens (including phenoxy) is 3. The van der Waals surface area contributed by atoms with Gasteiger partial charge in [-0.15, -0.1) is 0 Å². The lowest BCUT2D eigenvalue weighted by Crippen LogP contribution is -2.69. The predicted octanol–water partition coefficient (Wildman–Crippen LogP) is 5.51. The Bertz CT molecular complexity index is 1040. The normalized spacial score (nSPS) is 54.7. The fourth-order valence-electron chi connectivity index (χ4n) is 12.1. The van der Waals surface area contributed by atoms with Gasteiger partial charge in [0, 0.05) is 42.8 Å². The van der Waals surface area contributed by atoms with E-state index in [1.165, 1.54) is 58.4 Å². The number of ketones is 1. The van der Waals surface area contributed by atoms with E-state index in [-0.39, 0.29) is 34.0 Å². The molecular formula is C32H49NO5. The summed E-state index contributed by atoms with van der Waals surface area (Å²) >= 11 is 0. The van der Waals surface area contributed by atoms with Crippen LogP contribution in [0.4, 0.5) is 0 Å². The van der Waals surface area contributed by atoms with Crippen molar-refractivity contribution in [2.24, 2.45) is 40.4 Å². The van der Waals surface area contributed by atoms with Gasteiger partial charge in [0.1, 0.15) is 5.60 Å². The molecule has 0 radical (unpaired) electrons. The van der Waals surface area contributed by atoms with Crippen LogP contribution in [0.3, 0.4) is 0 Å². The molecule has 6 heteroatoms. The fourth-order valence-corrected chi connectivity index (χ4v) is 12.1. The van der Waals surface area contributed by atoms with Crippen molar-refractivity contribution >= 4 is 11.8 Å². The van der Waals surface area contributed by atoms with E-state index >= 15 is 0 Å². The van der Waals surface area contributed by atoms with Gasteiger partial charge >= 0.3 is 5.97 Å². The van der Waals surface area contributed by atoms with E-state index in [1.54, 1.807) is 0 Å². The average Bonchev–Trinajstić information content (AvgIpc) is 3.45. The Labute approximate surface area is 228 Å². The third-order valence-electron chi connectivity index (χ3n) is 13.7. The molecule has 38 heavy (non-hydrogen) atoms. The van der Waals surface area contributed by atoms with Gasteiger partial charge in [-0.3, -0.25) is 14.5 Å². The smallest absolute Gasteiger partial charge is 0.303 e. The summed E-state index contributed by atoms with van der Waals surface area (Å²) in [7, 11) is 0. The van der Waals surface area contributed by atoms with Crippen LogP contribution in [0.5, 0.6) is 0 Å². The lowest BCUT2D eigenvalue weighted by Gasteiger charge is -2.67. The first-order chi connectivity index (χ1) is 17.9. The number of rotatable bonds is 6. The second-order valence-corrected chi connectivity index (χ2v) is 15.3. The summed E-state index contributed by atoms with van der Waals surface area (Å²) in [6.07, 6.45) is 10.3. The quantitative estimate of drug-likeness (QED) is 0.424. The molecule has 212 valence electrons. The first kappa shape index (κ1) is 26.0. The number of nitrogens with zero attached hydrogens (tertiary/aromatic N) is 1. The van der Waals surface area contributed by atoms with Crippen LogP contribution in [0.1, 0.15) is 106 Å². The zero-order chi connectivity index (χ0) is 26.9. The molecule has 0 aromatic carbocycles. The largest absolute Gasteiger partial charge is 0.454 e. The van der Waals surface area contributed by atoms with Crippen LogP contribution in [-0.2, 0) is 23.8 Å². The van der Waals surface area contributed by atoms with Gasteiger partial charge in [-0.1, -0.05) is 34.1 Å². The van der Waals surface area contributed by atoms with E-state index in [0.29, 0.717) is 55.6 Å². The zero-order valence-electron chi connectivity index (χ0n) is 24.5. The number of carbonyl (C=O) groups is 2. The van der Waals surface area contributed by atoms with Crippen molar-refractivity contribution in [2.75, 3.05) is 13.2 Å². The van der Waals surface area contributed by atoms with Gasteiger partial charge in [-0.25, -0.2) is 0 Å². The molecule has 0 amide bonds. The number of hydrogen-bond acceptors (Lipinski definition) is 6. The fraction of sp³-hybridized carbons (Fsp3) is 0.938. The third-order valence-corrected chi connectivity index (χ3v) is 13.7. The summed E-state index contributed by atoms with van der Waals surface area (Å²) in [5.41, 5.74) is -0.461. The first-order valence-corrected chi connectivity index (χ1v) is 15.7. The average molecular weight is 528 g/mol. The Morgan fingerprint density at radius 2 is 1.84 bits per heavy atom. The number of carbonyl (C=O) groups excluding carboxylic acids is 2. The van der Waals surface area contributed by atoms with E-state index in [1.807, 2.05) is 6.92 Å². The van der Waals surface area contributed by atoms with Crippen LogP contribution in [0, 0.1) is 40.4 Å². The monoisotopic (exact) mass is 527 g/mol. The molecule has 7 rings (SSSR count). The minimum atomic E-state index is -0.920. The summed E-state index contributed by atoms with van der Waals surface area (Å²) in [5, 5.41) is 0. The topological polar surface area (TPSA) is 65.1 Å². The van der Waals surface area contributed by atoms with E-state index in [0.717, 1.165) is 0 Å². The van der Waals surface area contributed by atoms with E-state index < -0.39 is 17.5 Å². The molecule has 0 aromatic heterocycles. The molecule has 5 aliphatic heterocycles. The van der Waals surface area contributed by atoms with Crippen LogP contribution in [0.25, 0.3) is 0 Å². The highest BCUT2D eigenvalue weighted by Crippen LogP contribution is 2.79. The minimum absolute atomic E-state index is 0.00116. The maximum absolute atomic E-state index is 14.7. The molecule has 7 bridgehead atoms. The van der Waals surface area contributed by atoms with Crippen molar-refractivity contribution in [3.05, 3.63) is 0 Å². The Balaban J connectivity index is 1.35. The van der Waals surface area contributed by atoms with Gasteiger partial charge in [-0.05, 0) is 87.4 Å². The van der Waals surface area contributed by atoms with Crippen LogP contribution in [0.15, 0.2) is 0 Å². The van der Waals surface area contributed by atoms with Gasteiger partial charge < -0.3 is 14.2 Å². The molecule has 7 aliphatic rings. The number of hydrogen-bond donors (Lipinski definition) is 0. The van der Waals surface area contributed by atoms with E-state index in [9.17, 15) is 9.59 Å². The second kappa shape index (κ2) is 8.06. The van der Waals surface area contributed by atoms with Crippen LogP contribution in [0.2, 0.25) is 0 Å². The first-order valence-electron chi connectivity index (χ1n) is 15.7. The summed E-state index contributed by atoms with van der Waals surface area (Å²) in [6.45, 7) is 14.7. The minimum Gasteiger partial charge on any atom is -0.454 e. The van der Waals surface area contributed by atoms with Gasteiger partial charge in [0.2, 0.25) is 5.78 Å². The van der Waals surface area contributed by atoms with Crippen LogP contribution < -0.4 is 0 Å². The summed E-state index contributed by atoms with van der Waals surface area (Å²) in [5.74, 6) is 1.38. The molecule has 7 fully saturated rings. The number of fused-ring (bicyclic) bond motifs is 4. The molecule has 5 heterocycles. The summed E-state index contributed by atoms with van der Waals surface area (Å²) in [6, 6.07) is 0.480. The Kier molecular flexibility index (Phi) is 5.51. The second-order valence-electron chi connectivity index (χ2n) is 15.3. The summed E-state index contributed by atoms with van der Waals surface area (Å²) < 4.78 is 18.7. The maximum atomic E-state index is 14.7. The Hall–Kier alpha value is -0.980. The third kappa shape index (κ3) is 2.96. The van der Waals surface area contributed by atoms with E-state index in [4.69, 9.17) is 14.2 Å². The van der Waals surface area contributed by atoms with Crippen molar-refractivity contribution in [3.8, 4) is 0 Å². The Morgan fingerprint density at radius 1 is 1.05 bits per heavy atom. The zero-order valence-corrected chi connectivity index (χ0v) is 24.5. The predicted molar refractivity (Wildman–Crippen MR) is 143 cm³/mol. The highest BCUT2D eigenvalue weighted by atomic mass is 16.7. The standard InChI is InChI=1S/C32H49NO5/c1-19(2)23-10-12-28(5)22-9-13-30-11-7-8-25(30)31(28,26(23)33(30)17-22)16-24(37-21(4)34)27(35)32-15-14-29(6,38-32)36-18-20(32)3/h19-20,22-26H,7-18H2,1-6H3. The van der Waals surface area contributed by atoms with Gasteiger partial charge in [0.05, 0.1) is 6.61 Å². The van der Waals surface area contributed by atoms with Crippen LogP contribution >= 0.6 is 0 Å². The molecule has 2 aliphatic carbocycles. The molecule has 5 saturated heterocycles. The molecule has 1 spiro atoms. The van der Waals surface area contributed by atoms with Gasteiger partial charge in [0.15, 0.2) is 11.9 Å². The number of esters is 1. The highest BCUT2D eigenvalue weighted by molar-refractivity contribution is 5.93. The van der Waals surface area contributed by atoms with Crippen molar-refractivity contribution < 1.29 is 23.8 Å². The van der Waals surface area contributed by atoms with Gasteiger partial charge in [0.25, 0.3) is 0 Å². The molecule has 0 aromatic rings. The van der Waals surface area contributed by atoms with Crippen molar-refractivity contribution in [1.82, 2.24) is 4.90 Å². The molecule has 6 nitrogen and oxygen atoms in total. The van der Waals surface area contributed by atoms with Crippen molar-refractivity contribution in [3.63, 3.8) is 0 Å². The number of piperidine rings is 2. The molecule has 2 saturated carbocycles. The Morgan fingerprint density at radius 3 is 2.58 bits per heavy atom. The SMILES string of the molecule is CC(=O)OC(CC12C3C(C(C)C)CCC1(C)C1CCC4(CCCC42)N3C1)C(=O)C12CCC(C)(OCC1C)O2. The highest BCUT2D eigenvalue weighted by Gasteiger charge is 2.80. The molecule has 12 atom stereocenters. The van der Waals surface area contributed by atoms with Gasteiger partial charge in [-0.2, -0.15) is 0 Å². The van der Waals surface area contributed by atoms with Crippen LogP contribution in [-0.4, -0.2) is 58.9 Å². The van der Waals surface area contributed by atoms with E-state index in [2.05, 4.69) is 32.6 Å². The lowest BCUT2D eigenvalue weighted by atomic mass is 9.42. The molecule has 12 unspecified atom stereocenters. The van der Waals surface area contributed by atoms with Crippen molar-refractivity contribution in [2.45, 2.75) is 135 Å². The molecule has 0 N–H and O–H groups in total. The number of Topliss-reactive ketones (excluding diaryl/α,β-unsaturated/α-hetero) is 1. The molecular weight excluding hydrogens is 478 g/mol. The lowest BCUT2D eigenvalue weighted by molar-refractivity contribution is -0.293. The maximum Gasteiger partial charge on any atom is 0.303 e. The summed E-state index contributed by atoms with van der Waals surface area (Å²) in [4.78, 5) is 30.4.